The molecule has 1 aliphatic carbocycles. The van der Waals surface area contributed by atoms with Crippen molar-refractivity contribution >= 4 is 6.08 Å². The third-order valence-corrected chi connectivity index (χ3v) is 3.46. The SMILES string of the molecule is C1=Cc2nccc(C3CCCNC3)c2C1. The number of allylic oxidation sites excluding steroid dienone is 1. The summed E-state index contributed by atoms with van der Waals surface area (Å²) in [5, 5.41) is 3.48. The van der Waals surface area contributed by atoms with Gasteiger partial charge in [0.1, 0.15) is 0 Å². The molecule has 1 fully saturated rings. The average Bonchev–Trinajstić information content (AvgIpc) is 2.78. The lowest BCUT2D eigenvalue weighted by atomic mass is 9.88. The highest BCUT2D eigenvalue weighted by atomic mass is 14.9. The van der Waals surface area contributed by atoms with E-state index >= 15 is 0 Å². The molecule has 1 atom stereocenters. The van der Waals surface area contributed by atoms with Crippen LogP contribution in [0, 0.1) is 0 Å². The molecule has 0 radical (unpaired) electrons. The molecule has 78 valence electrons. The average molecular weight is 200 g/mol. The van der Waals surface area contributed by atoms with E-state index in [9.17, 15) is 0 Å². The molecule has 0 amide bonds. The van der Waals surface area contributed by atoms with Crippen LogP contribution >= 0.6 is 0 Å². The van der Waals surface area contributed by atoms with Crippen LogP contribution in [0.3, 0.4) is 0 Å². The van der Waals surface area contributed by atoms with Crippen molar-refractivity contribution in [3.05, 3.63) is 35.2 Å². The van der Waals surface area contributed by atoms with Crippen LogP contribution in [0.1, 0.15) is 35.6 Å². The van der Waals surface area contributed by atoms with E-state index in [0.717, 1.165) is 13.0 Å². The molecule has 0 bridgehead atoms. The van der Waals surface area contributed by atoms with Gasteiger partial charge in [0, 0.05) is 12.7 Å². The Morgan fingerprint density at radius 3 is 3.27 bits per heavy atom. The molecule has 2 nitrogen and oxygen atoms in total. The summed E-state index contributed by atoms with van der Waals surface area (Å²) in [6.07, 6.45) is 10.0. The maximum atomic E-state index is 4.41. The zero-order valence-electron chi connectivity index (χ0n) is 8.87. The highest BCUT2D eigenvalue weighted by Gasteiger charge is 2.20. The minimum absolute atomic E-state index is 0.704. The molecular formula is C13H16N2. The van der Waals surface area contributed by atoms with Gasteiger partial charge in [-0.2, -0.15) is 0 Å². The number of hydrogen-bond donors (Lipinski definition) is 1. The number of nitrogens with one attached hydrogen (secondary N) is 1. The summed E-state index contributed by atoms with van der Waals surface area (Å²) in [5.41, 5.74) is 4.18. The van der Waals surface area contributed by atoms with Gasteiger partial charge in [-0.1, -0.05) is 6.08 Å². The zero-order chi connectivity index (χ0) is 10.1. The molecule has 15 heavy (non-hydrogen) atoms. The minimum Gasteiger partial charge on any atom is -0.316 e. The molecule has 0 saturated carbocycles. The monoisotopic (exact) mass is 200 g/mol. The van der Waals surface area contributed by atoms with Crippen LogP contribution in [0.5, 0.6) is 0 Å². The fourth-order valence-electron chi connectivity index (χ4n) is 2.68. The predicted octanol–water partition coefficient (Wildman–Crippen LogP) is 2.12. The van der Waals surface area contributed by atoms with E-state index in [1.165, 1.54) is 36.2 Å². The van der Waals surface area contributed by atoms with Gasteiger partial charge in [0.2, 0.25) is 0 Å². The summed E-state index contributed by atoms with van der Waals surface area (Å²) in [6.45, 7) is 2.32. The molecule has 1 aliphatic heterocycles. The number of hydrogen-bond acceptors (Lipinski definition) is 2. The lowest BCUT2D eigenvalue weighted by molar-refractivity contribution is 0.460. The molecule has 1 unspecified atom stereocenters. The Balaban J connectivity index is 1.95. The predicted molar refractivity (Wildman–Crippen MR) is 61.8 cm³/mol. The van der Waals surface area contributed by atoms with Gasteiger partial charge in [-0.3, -0.25) is 4.98 Å². The summed E-state index contributed by atoms with van der Waals surface area (Å²) < 4.78 is 0. The maximum Gasteiger partial charge on any atom is 0.0664 e. The second-order valence-corrected chi connectivity index (χ2v) is 4.41. The Morgan fingerprint density at radius 1 is 1.40 bits per heavy atom. The summed E-state index contributed by atoms with van der Waals surface area (Å²) in [4.78, 5) is 4.41. The third kappa shape index (κ3) is 1.59. The Bertz CT molecular complexity index is 390. The molecule has 1 saturated heterocycles. The Hall–Kier alpha value is -1.15. The molecular weight excluding hydrogens is 184 g/mol. The summed E-state index contributed by atoms with van der Waals surface area (Å²) in [6, 6.07) is 2.21. The fourth-order valence-corrected chi connectivity index (χ4v) is 2.68. The second kappa shape index (κ2) is 3.78. The third-order valence-electron chi connectivity index (χ3n) is 3.46. The summed E-state index contributed by atoms with van der Waals surface area (Å²) >= 11 is 0. The van der Waals surface area contributed by atoms with Gasteiger partial charge < -0.3 is 5.32 Å². The second-order valence-electron chi connectivity index (χ2n) is 4.41. The van der Waals surface area contributed by atoms with Crippen molar-refractivity contribution < 1.29 is 0 Å². The summed E-state index contributed by atoms with van der Waals surface area (Å²) in [5.74, 6) is 0.704. The van der Waals surface area contributed by atoms with Crippen LogP contribution in [0.15, 0.2) is 18.3 Å². The van der Waals surface area contributed by atoms with Gasteiger partial charge in [-0.25, -0.2) is 0 Å². The smallest absolute Gasteiger partial charge is 0.0664 e. The Kier molecular flexibility index (Phi) is 2.29. The molecule has 3 rings (SSSR count). The Morgan fingerprint density at radius 2 is 2.40 bits per heavy atom. The van der Waals surface area contributed by atoms with E-state index in [4.69, 9.17) is 0 Å². The topological polar surface area (TPSA) is 24.9 Å². The first kappa shape index (κ1) is 9.10. The Labute approximate surface area is 90.4 Å². The van der Waals surface area contributed by atoms with Gasteiger partial charge in [-0.05, 0) is 55.0 Å². The maximum absolute atomic E-state index is 4.41. The molecule has 2 aliphatic rings. The number of nitrogens with zero attached hydrogens (tertiary/aromatic N) is 1. The molecule has 0 aromatic carbocycles. The van der Waals surface area contributed by atoms with E-state index in [-0.39, 0.29) is 0 Å². The number of rotatable bonds is 1. The van der Waals surface area contributed by atoms with Crippen LogP contribution < -0.4 is 5.32 Å². The van der Waals surface area contributed by atoms with Crippen molar-refractivity contribution in [1.29, 1.82) is 0 Å². The lowest BCUT2D eigenvalue weighted by Crippen LogP contribution is -2.29. The molecule has 1 aromatic rings. The van der Waals surface area contributed by atoms with E-state index in [1.807, 2.05) is 6.20 Å². The first-order chi connectivity index (χ1) is 7.45. The van der Waals surface area contributed by atoms with Crippen LogP contribution in [0.25, 0.3) is 6.08 Å². The van der Waals surface area contributed by atoms with Crippen LogP contribution in [-0.4, -0.2) is 18.1 Å². The minimum atomic E-state index is 0.704. The largest absolute Gasteiger partial charge is 0.316 e. The van der Waals surface area contributed by atoms with Gasteiger partial charge in [0.05, 0.1) is 5.69 Å². The van der Waals surface area contributed by atoms with E-state index in [0.29, 0.717) is 5.92 Å². The van der Waals surface area contributed by atoms with Crippen molar-refractivity contribution in [3.63, 3.8) is 0 Å². The van der Waals surface area contributed by atoms with Gasteiger partial charge in [-0.15, -0.1) is 0 Å². The first-order valence-electron chi connectivity index (χ1n) is 5.80. The van der Waals surface area contributed by atoms with Gasteiger partial charge in [0.15, 0.2) is 0 Å². The normalized spacial score (nSPS) is 24.1. The van der Waals surface area contributed by atoms with E-state index in [1.54, 1.807) is 0 Å². The highest BCUT2D eigenvalue weighted by molar-refractivity contribution is 5.58. The van der Waals surface area contributed by atoms with E-state index < -0.39 is 0 Å². The number of fused-ring (bicyclic) bond motifs is 1. The fraction of sp³-hybridized carbons (Fsp3) is 0.462. The number of pyridine rings is 1. The highest BCUT2D eigenvalue weighted by Crippen LogP contribution is 2.30. The van der Waals surface area contributed by atoms with Gasteiger partial charge in [0.25, 0.3) is 0 Å². The van der Waals surface area contributed by atoms with Crippen LogP contribution in [0.4, 0.5) is 0 Å². The first-order valence-corrected chi connectivity index (χ1v) is 5.80. The lowest BCUT2D eigenvalue weighted by Gasteiger charge is -2.24. The number of piperidine rings is 1. The van der Waals surface area contributed by atoms with Crippen molar-refractivity contribution in [1.82, 2.24) is 10.3 Å². The molecule has 0 spiro atoms. The van der Waals surface area contributed by atoms with Crippen LogP contribution in [0.2, 0.25) is 0 Å². The van der Waals surface area contributed by atoms with Crippen molar-refractivity contribution in [2.24, 2.45) is 0 Å². The molecule has 2 heteroatoms. The standard InChI is InChI=1S/C13H16N2/c1-4-12-11(6-8-15-13(12)5-1)10-3-2-7-14-9-10/h1,5-6,8,10,14H,2-4,7,9H2. The quantitative estimate of drug-likeness (QED) is 0.751. The van der Waals surface area contributed by atoms with Crippen molar-refractivity contribution in [2.45, 2.75) is 25.2 Å². The van der Waals surface area contributed by atoms with Crippen LogP contribution in [-0.2, 0) is 6.42 Å². The molecule has 1 aromatic heterocycles. The molecule has 1 N–H and O–H groups in total. The van der Waals surface area contributed by atoms with Crippen molar-refractivity contribution in [3.8, 4) is 0 Å². The summed E-state index contributed by atoms with van der Waals surface area (Å²) in [7, 11) is 0. The number of aromatic nitrogens is 1. The molecule has 2 heterocycles. The van der Waals surface area contributed by atoms with Crippen molar-refractivity contribution in [2.75, 3.05) is 13.1 Å². The zero-order valence-corrected chi connectivity index (χ0v) is 8.87. The van der Waals surface area contributed by atoms with Gasteiger partial charge >= 0.3 is 0 Å². The van der Waals surface area contributed by atoms with E-state index in [2.05, 4.69) is 28.5 Å².